The summed E-state index contributed by atoms with van der Waals surface area (Å²) in [5.74, 6) is 0. The first-order chi connectivity index (χ1) is 16.6. The Bertz CT molecular complexity index is 1340. The maximum atomic E-state index is 2.99. The van der Waals surface area contributed by atoms with Gasteiger partial charge in [0.05, 0.1) is 0 Å². The van der Waals surface area contributed by atoms with Crippen molar-refractivity contribution < 1.29 is 44.8 Å². The third kappa shape index (κ3) is 7.95. The minimum absolute atomic E-state index is 0. The number of halogens is 2. The monoisotopic (exact) mass is 542 g/mol. The standard InChI is InChI=1S/C25H17.C5H5.C3H6.2ClH.Ti/c1-3-7-18(8-4-1)20-11-13-22-15-23-14-12-21(17-25(23)24(22)16-20)19-9-5-2-6-10-19;1-2-4-5-3-1;1-3-2;;;/h1-17H;1-3H,4H2;1-2H3;2*1H;/q2*-1;;;;+2/p-2. The molecule has 1 aliphatic rings. The van der Waals surface area contributed by atoms with Gasteiger partial charge in [0.1, 0.15) is 0 Å². The van der Waals surface area contributed by atoms with Gasteiger partial charge in [-0.3, -0.25) is 6.08 Å². The smallest absolute Gasteiger partial charge is 0.0197 e. The first-order valence-corrected chi connectivity index (χ1v) is 12.4. The molecule has 0 heterocycles. The van der Waals surface area contributed by atoms with E-state index in [9.17, 15) is 0 Å². The molecule has 0 N–H and O–H groups in total. The molecule has 0 unspecified atom stereocenters. The zero-order valence-corrected chi connectivity index (χ0v) is 23.6. The van der Waals surface area contributed by atoms with Crippen LogP contribution in [0.15, 0.2) is 121 Å². The van der Waals surface area contributed by atoms with Crippen LogP contribution in [-0.4, -0.2) is 3.81 Å². The molecule has 6 rings (SSSR count). The van der Waals surface area contributed by atoms with Crippen LogP contribution in [0.2, 0.25) is 0 Å². The Labute approximate surface area is 238 Å². The van der Waals surface area contributed by atoms with Crippen LogP contribution in [-0.2, 0) is 20.0 Å². The second kappa shape index (κ2) is 14.8. The van der Waals surface area contributed by atoms with E-state index in [2.05, 4.69) is 149 Å². The van der Waals surface area contributed by atoms with Gasteiger partial charge < -0.3 is 24.8 Å². The summed E-state index contributed by atoms with van der Waals surface area (Å²) in [7, 11) is 0. The quantitative estimate of drug-likeness (QED) is 0.237. The maximum absolute atomic E-state index is 2.99. The molecule has 5 aromatic carbocycles. The van der Waals surface area contributed by atoms with Gasteiger partial charge >= 0.3 is 37.6 Å². The summed E-state index contributed by atoms with van der Waals surface area (Å²) in [5.41, 5.74) is 5.06. The number of fused-ring (bicyclic) bond motifs is 3. The Morgan fingerprint density at radius 3 is 1.44 bits per heavy atom. The summed E-state index contributed by atoms with van der Waals surface area (Å²) >= 11 is 2.08. The normalized spacial score (nSPS) is 11.0. The summed E-state index contributed by atoms with van der Waals surface area (Å²) < 4.78 is 1.42. The van der Waals surface area contributed by atoms with Gasteiger partial charge in [-0.15, -0.1) is 46.2 Å². The Hall–Kier alpha value is -2.61. The van der Waals surface area contributed by atoms with Crippen molar-refractivity contribution in [3.05, 3.63) is 127 Å². The molecule has 1 aliphatic carbocycles. The summed E-state index contributed by atoms with van der Waals surface area (Å²) in [6.07, 6.45) is 10.0. The molecule has 0 saturated carbocycles. The van der Waals surface area contributed by atoms with E-state index in [0.717, 1.165) is 6.42 Å². The van der Waals surface area contributed by atoms with Crippen LogP contribution in [0.5, 0.6) is 0 Å². The van der Waals surface area contributed by atoms with Crippen molar-refractivity contribution in [2.45, 2.75) is 20.3 Å². The zero-order valence-electron chi connectivity index (χ0n) is 20.5. The molecule has 0 amide bonds. The van der Waals surface area contributed by atoms with E-state index in [1.807, 2.05) is 12.2 Å². The number of rotatable bonds is 2. The third-order valence-electron chi connectivity index (χ3n) is 5.51. The van der Waals surface area contributed by atoms with Crippen LogP contribution in [0, 0.1) is 6.08 Å². The van der Waals surface area contributed by atoms with E-state index in [-0.39, 0.29) is 24.8 Å². The van der Waals surface area contributed by atoms with E-state index < -0.39 is 0 Å². The van der Waals surface area contributed by atoms with E-state index in [1.165, 1.54) is 47.6 Å². The van der Waals surface area contributed by atoms with Crippen molar-refractivity contribution in [1.29, 1.82) is 0 Å². The number of benzene rings is 4. The zero-order chi connectivity index (χ0) is 23.8. The molecule has 5 aromatic rings. The van der Waals surface area contributed by atoms with E-state index >= 15 is 0 Å². The molecule has 3 heteroatoms. The van der Waals surface area contributed by atoms with Crippen LogP contribution >= 0.6 is 0 Å². The van der Waals surface area contributed by atoms with E-state index in [0.29, 0.717) is 0 Å². The summed E-state index contributed by atoms with van der Waals surface area (Å²) in [6, 6.07) is 37.0. The van der Waals surface area contributed by atoms with E-state index in [1.54, 1.807) is 0 Å². The van der Waals surface area contributed by atoms with Gasteiger partial charge in [0, 0.05) is 0 Å². The number of hydrogen-bond donors (Lipinski definition) is 0. The molecule has 0 bridgehead atoms. The average molecular weight is 543 g/mol. The average Bonchev–Trinajstić information content (AvgIpc) is 3.56. The molecule has 0 aliphatic heterocycles. The summed E-state index contributed by atoms with van der Waals surface area (Å²) in [4.78, 5) is 0. The van der Waals surface area contributed by atoms with Gasteiger partial charge in [-0.2, -0.15) is 6.08 Å². The maximum Gasteiger partial charge on any atom is -0.0197 e. The summed E-state index contributed by atoms with van der Waals surface area (Å²) in [5, 5.41) is 5.27. The first kappa shape index (κ1) is 29.6. The van der Waals surface area contributed by atoms with Gasteiger partial charge in [-0.1, -0.05) is 84.9 Å². The molecule has 0 nitrogen and oxygen atoms in total. The molecule has 0 radical (unpaired) electrons. The molecule has 0 fully saturated rings. The fourth-order valence-corrected chi connectivity index (χ4v) is 3.96. The van der Waals surface area contributed by atoms with Gasteiger partial charge in [-0.25, -0.2) is 12.2 Å². The van der Waals surface area contributed by atoms with Crippen molar-refractivity contribution in [3.8, 4) is 22.3 Å². The molecular formula is C33H28Cl2Ti-2. The number of allylic oxidation sites excluding steroid dienone is 4. The van der Waals surface area contributed by atoms with Crippen molar-refractivity contribution >= 4 is 25.4 Å². The van der Waals surface area contributed by atoms with Crippen molar-refractivity contribution in [3.63, 3.8) is 0 Å². The van der Waals surface area contributed by atoms with Gasteiger partial charge in [0.2, 0.25) is 0 Å². The second-order valence-electron chi connectivity index (χ2n) is 8.48. The Morgan fingerprint density at radius 2 is 1.11 bits per heavy atom. The molecule has 0 saturated heterocycles. The van der Waals surface area contributed by atoms with Crippen LogP contribution < -0.4 is 24.8 Å². The Balaban J connectivity index is 0.000000357. The molecule has 180 valence electrons. The van der Waals surface area contributed by atoms with Crippen molar-refractivity contribution in [2.75, 3.05) is 0 Å². The topological polar surface area (TPSA) is 0 Å². The predicted molar refractivity (Wildman–Crippen MR) is 146 cm³/mol. The van der Waals surface area contributed by atoms with Crippen LogP contribution in [0.3, 0.4) is 0 Å². The third-order valence-corrected chi connectivity index (χ3v) is 5.51. The van der Waals surface area contributed by atoms with Crippen LogP contribution in [0.25, 0.3) is 43.8 Å². The van der Waals surface area contributed by atoms with Gasteiger partial charge in [0.15, 0.2) is 0 Å². The second-order valence-corrected chi connectivity index (χ2v) is 10.0. The van der Waals surface area contributed by atoms with Gasteiger partial charge in [-0.05, 0) is 22.3 Å². The first-order valence-electron chi connectivity index (χ1n) is 11.6. The minimum atomic E-state index is 0. The van der Waals surface area contributed by atoms with E-state index in [4.69, 9.17) is 0 Å². The minimum Gasteiger partial charge on any atom is -1.00 e. The summed E-state index contributed by atoms with van der Waals surface area (Å²) in [6.45, 7) is 4.17. The largest absolute Gasteiger partial charge is 1.00 e. The molecule has 0 atom stereocenters. The SMILES string of the molecule is C[C](C)=[Ti+2].[C-]1=CC=CC1.[Cl-].[Cl-].c1ccc(-c2ccc3[cH-]c4ccc(-c5ccccc5)cc4c3c2)cc1. The van der Waals surface area contributed by atoms with Crippen LogP contribution in [0.4, 0.5) is 0 Å². The van der Waals surface area contributed by atoms with Crippen molar-refractivity contribution in [1.82, 2.24) is 0 Å². The fraction of sp³-hybridized carbons (Fsp3) is 0.0909. The molecular weight excluding hydrogens is 515 g/mol. The van der Waals surface area contributed by atoms with Gasteiger partial charge in [0.25, 0.3) is 0 Å². The molecule has 36 heavy (non-hydrogen) atoms. The van der Waals surface area contributed by atoms with Crippen molar-refractivity contribution in [2.24, 2.45) is 0 Å². The Morgan fingerprint density at radius 1 is 0.667 bits per heavy atom. The molecule has 0 aromatic heterocycles. The van der Waals surface area contributed by atoms with Crippen LogP contribution in [0.1, 0.15) is 20.3 Å². The Kier molecular flexibility index (Phi) is 12.2. The predicted octanol–water partition coefficient (Wildman–Crippen LogP) is 3.10. The fourth-order valence-electron chi connectivity index (χ4n) is 3.96. The molecule has 0 spiro atoms. The number of hydrogen-bond acceptors (Lipinski definition) is 0.